The van der Waals surface area contributed by atoms with Crippen LogP contribution in [-0.2, 0) is 17.6 Å². The van der Waals surface area contributed by atoms with Crippen molar-refractivity contribution in [3.63, 3.8) is 0 Å². The Balaban J connectivity index is 1.24. The summed E-state index contributed by atoms with van der Waals surface area (Å²) in [6, 6.07) is 2.04. The second-order valence-electron chi connectivity index (χ2n) is 7.75. The topological polar surface area (TPSA) is 87.8 Å². The Labute approximate surface area is 169 Å². The van der Waals surface area contributed by atoms with Gasteiger partial charge in [0.15, 0.2) is 5.69 Å². The highest BCUT2D eigenvalue weighted by Gasteiger charge is 2.30. The van der Waals surface area contributed by atoms with Gasteiger partial charge in [-0.1, -0.05) is 5.16 Å². The van der Waals surface area contributed by atoms with E-state index in [4.69, 9.17) is 9.26 Å². The first-order chi connectivity index (χ1) is 14.3. The van der Waals surface area contributed by atoms with Crippen LogP contribution >= 0.6 is 0 Å². The first-order valence-electron chi connectivity index (χ1n) is 10.5. The van der Waals surface area contributed by atoms with Gasteiger partial charge in [-0.3, -0.25) is 4.79 Å². The Hall–Kier alpha value is -2.68. The molecule has 3 aliphatic rings. The van der Waals surface area contributed by atoms with Crippen molar-refractivity contribution in [3.05, 3.63) is 29.4 Å². The van der Waals surface area contributed by atoms with E-state index in [2.05, 4.69) is 24.9 Å². The van der Waals surface area contributed by atoms with E-state index in [9.17, 15) is 4.79 Å². The van der Waals surface area contributed by atoms with Gasteiger partial charge in [0.2, 0.25) is 0 Å². The number of anilines is 2. The summed E-state index contributed by atoms with van der Waals surface area (Å²) in [6.07, 6.45) is 5.62. The number of morpholine rings is 1. The zero-order valence-electron chi connectivity index (χ0n) is 16.5. The maximum absolute atomic E-state index is 13.0. The summed E-state index contributed by atoms with van der Waals surface area (Å²) in [6.45, 7) is 5.94. The van der Waals surface area contributed by atoms with Crippen molar-refractivity contribution < 1.29 is 14.1 Å². The van der Waals surface area contributed by atoms with Crippen LogP contribution in [0.2, 0.25) is 0 Å². The lowest BCUT2D eigenvalue weighted by atomic mass is 9.96. The number of fused-ring (bicyclic) bond motifs is 1. The molecule has 0 saturated carbocycles. The predicted octanol–water partition coefficient (Wildman–Crippen LogP) is 1.14. The van der Waals surface area contributed by atoms with Crippen molar-refractivity contribution >= 4 is 17.5 Å². The monoisotopic (exact) mass is 398 g/mol. The molecule has 0 spiro atoms. The molecule has 0 atom stereocenters. The van der Waals surface area contributed by atoms with Gasteiger partial charge in [0.1, 0.15) is 23.7 Å². The number of rotatable bonds is 3. The third kappa shape index (κ3) is 3.66. The van der Waals surface area contributed by atoms with Crippen LogP contribution in [-0.4, -0.2) is 78.4 Å². The molecule has 4 heterocycles. The van der Waals surface area contributed by atoms with E-state index in [1.807, 2.05) is 11.0 Å². The SMILES string of the molecule is O=C(c1noc2c1CCCC2)N1CCN(c2cc(N3CCOCC3)ncn2)CC1. The van der Waals surface area contributed by atoms with Gasteiger partial charge in [-0.2, -0.15) is 0 Å². The normalized spacial score (nSPS) is 19.9. The molecule has 1 amide bonds. The van der Waals surface area contributed by atoms with Crippen molar-refractivity contribution in [2.24, 2.45) is 0 Å². The highest BCUT2D eigenvalue weighted by molar-refractivity contribution is 5.94. The van der Waals surface area contributed by atoms with E-state index in [1.165, 1.54) is 0 Å². The minimum Gasteiger partial charge on any atom is -0.378 e. The summed E-state index contributed by atoms with van der Waals surface area (Å²) >= 11 is 0. The van der Waals surface area contributed by atoms with Gasteiger partial charge in [-0.15, -0.1) is 0 Å². The minimum atomic E-state index is -0.00626. The average molecular weight is 398 g/mol. The van der Waals surface area contributed by atoms with Crippen molar-refractivity contribution in [3.8, 4) is 0 Å². The van der Waals surface area contributed by atoms with Crippen LogP contribution in [0.3, 0.4) is 0 Å². The summed E-state index contributed by atoms with van der Waals surface area (Å²) in [4.78, 5) is 28.2. The molecule has 9 nitrogen and oxygen atoms in total. The fourth-order valence-electron chi connectivity index (χ4n) is 4.32. The fraction of sp³-hybridized carbons (Fsp3) is 0.600. The van der Waals surface area contributed by atoms with Gasteiger partial charge < -0.3 is 24.0 Å². The first kappa shape index (κ1) is 18.4. The number of hydrogen-bond acceptors (Lipinski definition) is 8. The van der Waals surface area contributed by atoms with Gasteiger partial charge in [-0.25, -0.2) is 9.97 Å². The Morgan fingerprint density at radius 2 is 1.59 bits per heavy atom. The van der Waals surface area contributed by atoms with Gasteiger partial charge in [0.25, 0.3) is 5.91 Å². The number of piperazine rings is 1. The van der Waals surface area contributed by atoms with Crippen LogP contribution in [0.25, 0.3) is 0 Å². The molecule has 2 aromatic heterocycles. The molecular weight excluding hydrogens is 372 g/mol. The lowest BCUT2D eigenvalue weighted by Crippen LogP contribution is -2.49. The Kier molecular flexibility index (Phi) is 5.05. The van der Waals surface area contributed by atoms with Crippen LogP contribution < -0.4 is 9.80 Å². The molecule has 154 valence electrons. The summed E-state index contributed by atoms with van der Waals surface area (Å²) < 4.78 is 10.8. The van der Waals surface area contributed by atoms with Crippen molar-refractivity contribution in [1.29, 1.82) is 0 Å². The number of carbonyl (C=O) groups is 1. The van der Waals surface area contributed by atoms with E-state index >= 15 is 0 Å². The lowest BCUT2D eigenvalue weighted by molar-refractivity contribution is 0.0735. The molecule has 0 N–H and O–H groups in total. The van der Waals surface area contributed by atoms with Crippen LogP contribution in [0.5, 0.6) is 0 Å². The van der Waals surface area contributed by atoms with Crippen molar-refractivity contribution in [2.75, 3.05) is 62.3 Å². The summed E-state index contributed by atoms with van der Waals surface area (Å²) in [5.74, 6) is 2.74. The minimum absolute atomic E-state index is 0.00626. The standard InChI is InChI=1S/C20H26N6O3/c27-20(19-15-3-1-2-4-16(15)29-23-19)26-7-5-24(6-8-26)17-13-18(22-14-21-17)25-9-11-28-12-10-25/h13-14H,1-12H2. The van der Waals surface area contributed by atoms with E-state index in [0.29, 0.717) is 18.8 Å². The second-order valence-corrected chi connectivity index (χ2v) is 7.75. The molecule has 2 aromatic rings. The van der Waals surface area contributed by atoms with E-state index < -0.39 is 0 Å². The molecule has 2 saturated heterocycles. The zero-order valence-corrected chi connectivity index (χ0v) is 16.5. The molecular formula is C20H26N6O3. The maximum Gasteiger partial charge on any atom is 0.276 e. The molecule has 29 heavy (non-hydrogen) atoms. The Morgan fingerprint density at radius 1 is 0.897 bits per heavy atom. The smallest absolute Gasteiger partial charge is 0.276 e. The molecule has 2 fully saturated rings. The number of hydrogen-bond donors (Lipinski definition) is 0. The first-order valence-corrected chi connectivity index (χ1v) is 10.5. The van der Waals surface area contributed by atoms with Crippen molar-refractivity contribution in [1.82, 2.24) is 20.0 Å². The Bertz CT molecular complexity index is 871. The van der Waals surface area contributed by atoms with Crippen molar-refractivity contribution in [2.45, 2.75) is 25.7 Å². The highest BCUT2D eigenvalue weighted by atomic mass is 16.5. The van der Waals surface area contributed by atoms with Gasteiger partial charge in [0, 0.05) is 57.3 Å². The van der Waals surface area contributed by atoms with Crippen LogP contribution in [0.15, 0.2) is 16.9 Å². The van der Waals surface area contributed by atoms with E-state index in [-0.39, 0.29) is 5.91 Å². The molecule has 0 unspecified atom stereocenters. The fourth-order valence-corrected chi connectivity index (χ4v) is 4.32. The zero-order chi connectivity index (χ0) is 19.6. The quantitative estimate of drug-likeness (QED) is 0.761. The number of aryl methyl sites for hydroxylation is 1. The Morgan fingerprint density at radius 3 is 2.34 bits per heavy atom. The van der Waals surface area contributed by atoms with Crippen LogP contribution in [0.1, 0.15) is 34.7 Å². The summed E-state index contributed by atoms with van der Waals surface area (Å²) in [5, 5.41) is 4.10. The van der Waals surface area contributed by atoms with Crippen LogP contribution in [0.4, 0.5) is 11.6 Å². The van der Waals surface area contributed by atoms with Crippen LogP contribution in [0, 0.1) is 0 Å². The van der Waals surface area contributed by atoms with E-state index in [0.717, 1.165) is 88.0 Å². The third-order valence-corrected chi connectivity index (χ3v) is 6.02. The number of amides is 1. The highest BCUT2D eigenvalue weighted by Crippen LogP contribution is 2.26. The maximum atomic E-state index is 13.0. The lowest BCUT2D eigenvalue weighted by Gasteiger charge is -2.35. The number of aromatic nitrogens is 3. The van der Waals surface area contributed by atoms with Gasteiger partial charge in [-0.05, 0) is 19.3 Å². The molecule has 2 aliphatic heterocycles. The summed E-state index contributed by atoms with van der Waals surface area (Å²) in [5.41, 5.74) is 1.54. The molecule has 0 aromatic carbocycles. The summed E-state index contributed by atoms with van der Waals surface area (Å²) in [7, 11) is 0. The van der Waals surface area contributed by atoms with Gasteiger partial charge >= 0.3 is 0 Å². The van der Waals surface area contributed by atoms with Gasteiger partial charge in [0.05, 0.1) is 13.2 Å². The number of ether oxygens (including phenoxy) is 1. The molecule has 1 aliphatic carbocycles. The largest absolute Gasteiger partial charge is 0.378 e. The molecule has 9 heteroatoms. The molecule has 0 bridgehead atoms. The molecule has 0 radical (unpaired) electrons. The second kappa shape index (κ2) is 7.98. The number of carbonyl (C=O) groups excluding carboxylic acids is 1. The molecule has 5 rings (SSSR count). The number of nitrogens with zero attached hydrogens (tertiary/aromatic N) is 6. The predicted molar refractivity (Wildman–Crippen MR) is 106 cm³/mol. The van der Waals surface area contributed by atoms with E-state index in [1.54, 1.807) is 6.33 Å². The average Bonchev–Trinajstić information content (AvgIpc) is 3.24. The third-order valence-electron chi connectivity index (χ3n) is 6.02.